The maximum Gasteiger partial charge on any atom is 0.243 e. The van der Waals surface area contributed by atoms with Gasteiger partial charge in [-0.25, -0.2) is 0 Å². The van der Waals surface area contributed by atoms with Crippen LogP contribution in [0, 0.1) is 0 Å². The van der Waals surface area contributed by atoms with Crippen LogP contribution in [0.15, 0.2) is 18.3 Å². The van der Waals surface area contributed by atoms with Gasteiger partial charge in [0.15, 0.2) is 0 Å². The molecule has 0 saturated carbocycles. The molecular weight excluding hydrogens is 236 g/mol. The Morgan fingerprint density at radius 2 is 2.17 bits per heavy atom. The summed E-state index contributed by atoms with van der Waals surface area (Å²) in [6, 6.07) is 3.38. The minimum Gasteiger partial charge on any atom is -0.397 e. The molecule has 0 aliphatic heterocycles. The molecule has 0 radical (unpaired) electrons. The highest BCUT2D eigenvalue weighted by Gasteiger charge is 2.03. The van der Waals surface area contributed by atoms with E-state index in [9.17, 15) is 9.59 Å². The minimum atomic E-state index is -0.535. The molecule has 1 aromatic heterocycles. The first kappa shape index (κ1) is 13.9. The highest BCUT2D eigenvalue weighted by molar-refractivity contribution is 5.78. The molecule has 1 heterocycles. The Balaban J connectivity index is 2.17. The number of nitrogens with zero attached hydrogens (tertiary/aromatic N) is 1. The highest BCUT2D eigenvalue weighted by atomic mass is 16.5. The number of anilines is 1. The van der Waals surface area contributed by atoms with E-state index in [1.165, 1.54) is 6.20 Å². The third-order valence-electron chi connectivity index (χ3n) is 2.00. The number of nitrogen functional groups attached to an aromatic ring is 1. The molecule has 0 atom stereocenters. The lowest BCUT2D eigenvalue weighted by Crippen LogP contribution is -2.30. The van der Waals surface area contributed by atoms with Gasteiger partial charge in [-0.05, 0) is 12.1 Å². The van der Waals surface area contributed by atoms with Gasteiger partial charge in [-0.1, -0.05) is 0 Å². The Kier molecular flexibility index (Phi) is 5.59. The Morgan fingerprint density at radius 1 is 1.39 bits per heavy atom. The first-order valence-corrected chi connectivity index (χ1v) is 5.41. The zero-order chi connectivity index (χ0) is 13.4. The van der Waals surface area contributed by atoms with Gasteiger partial charge >= 0.3 is 0 Å². The molecule has 0 spiro atoms. The number of primary amides is 1. The number of amides is 2. The highest BCUT2D eigenvalue weighted by Crippen LogP contribution is 2.01. The van der Waals surface area contributed by atoms with E-state index in [0.29, 0.717) is 17.9 Å². The van der Waals surface area contributed by atoms with Crippen LogP contribution in [-0.2, 0) is 20.7 Å². The maximum atomic E-state index is 11.5. The second-order valence-corrected chi connectivity index (χ2v) is 3.63. The van der Waals surface area contributed by atoms with E-state index in [2.05, 4.69) is 10.3 Å². The average molecular weight is 252 g/mol. The number of carbonyl (C=O) groups is 2. The number of pyridine rings is 1. The van der Waals surface area contributed by atoms with Gasteiger partial charge in [-0.15, -0.1) is 0 Å². The Morgan fingerprint density at radius 3 is 2.78 bits per heavy atom. The van der Waals surface area contributed by atoms with E-state index in [-0.39, 0.29) is 25.5 Å². The number of ether oxygens (including phenoxy) is 1. The number of nitrogens with one attached hydrogen (secondary N) is 1. The maximum absolute atomic E-state index is 11.5. The first-order valence-electron chi connectivity index (χ1n) is 5.41. The SMILES string of the molecule is NC(=O)COCCNC(=O)Cc1ccc(N)cn1. The second-order valence-electron chi connectivity index (χ2n) is 3.63. The smallest absolute Gasteiger partial charge is 0.243 e. The van der Waals surface area contributed by atoms with Crippen molar-refractivity contribution in [3.63, 3.8) is 0 Å². The third-order valence-corrected chi connectivity index (χ3v) is 2.00. The van der Waals surface area contributed by atoms with Crippen LogP contribution >= 0.6 is 0 Å². The molecule has 18 heavy (non-hydrogen) atoms. The first-order chi connectivity index (χ1) is 8.58. The third kappa shape index (κ3) is 5.80. The quantitative estimate of drug-likeness (QED) is 0.528. The van der Waals surface area contributed by atoms with E-state index in [0.717, 1.165) is 0 Å². The number of aromatic nitrogens is 1. The van der Waals surface area contributed by atoms with E-state index in [1.54, 1.807) is 12.1 Å². The number of rotatable bonds is 7. The van der Waals surface area contributed by atoms with Crippen LogP contribution in [0.4, 0.5) is 5.69 Å². The van der Waals surface area contributed by atoms with Crippen LogP contribution in [0.5, 0.6) is 0 Å². The summed E-state index contributed by atoms with van der Waals surface area (Å²) in [5.41, 5.74) is 11.6. The zero-order valence-electron chi connectivity index (χ0n) is 9.89. The van der Waals surface area contributed by atoms with E-state index in [1.807, 2.05) is 0 Å². The fourth-order valence-electron chi connectivity index (χ4n) is 1.20. The summed E-state index contributed by atoms with van der Waals surface area (Å²) in [4.78, 5) is 25.8. The summed E-state index contributed by atoms with van der Waals surface area (Å²) >= 11 is 0. The van der Waals surface area contributed by atoms with Crippen LogP contribution < -0.4 is 16.8 Å². The summed E-state index contributed by atoms with van der Waals surface area (Å²) in [5, 5.41) is 2.63. The molecule has 98 valence electrons. The zero-order valence-corrected chi connectivity index (χ0v) is 9.89. The van der Waals surface area contributed by atoms with Gasteiger partial charge < -0.3 is 21.5 Å². The van der Waals surface area contributed by atoms with E-state index < -0.39 is 5.91 Å². The van der Waals surface area contributed by atoms with Crippen molar-refractivity contribution in [3.8, 4) is 0 Å². The van der Waals surface area contributed by atoms with Crippen molar-refractivity contribution < 1.29 is 14.3 Å². The molecule has 0 fully saturated rings. The predicted octanol–water partition coefficient (Wildman–Crippen LogP) is -1.18. The Bertz CT molecular complexity index is 405. The van der Waals surface area contributed by atoms with Gasteiger partial charge in [-0.3, -0.25) is 14.6 Å². The van der Waals surface area contributed by atoms with Crippen molar-refractivity contribution in [2.45, 2.75) is 6.42 Å². The van der Waals surface area contributed by atoms with Crippen LogP contribution in [0.1, 0.15) is 5.69 Å². The Hall–Kier alpha value is -2.15. The van der Waals surface area contributed by atoms with Crippen LogP contribution in [-0.4, -0.2) is 36.6 Å². The molecule has 0 aliphatic carbocycles. The number of nitrogens with two attached hydrogens (primary N) is 2. The van der Waals surface area contributed by atoms with E-state index in [4.69, 9.17) is 16.2 Å². The van der Waals surface area contributed by atoms with Gasteiger partial charge in [0.1, 0.15) is 6.61 Å². The second kappa shape index (κ2) is 7.23. The molecular formula is C11H16N4O3. The topological polar surface area (TPSA) is 120 Å². The normalized spacial score (nSPS) is 10.0. The summed E-state index contributed by atoms with van der Waals surface area (Å²) in [7, 11) is 0. The molecule has 7 heteroatoms. The van der Waals surface area contributed by atoms with Crippen LogP contribution in [0.3, 0.4) is 0 Å². The fourth-order valence-corrected chi connectivity index (χ4v) is 1.20. The van der Waals surface area contributed by atoms with Gasteiger partial charge in [0, 0.05) is 12.2 Å². The molecule has 2 amide bonds. The van der Waals surface area contributed by atoms with Gasteiger partial charge in [0.2, 0.25) is 11.8 Å². The summed E-state index contributed by atoms with van der Waals surface area (Å²) in [5.74, 6) is -0.706. The molecule has 0 bridgehead atoms. The van der Waals surface area contributed by atoms with Crippen molar-refractivity contribution in [3.05, 3.63) is 24.0 Å². The van der Waals surface area contributed by atoms with Crippen molar-refractivity contribution in [2.75, 3.05) is 25.5 Å². The van der Waals surface area contributed by atoms with Crippen LogP contribution in [0.25, 0.3) is 0 Å². The Labute approximate surface area is 105 Å². The lowest BCUT2D eigenvalue weighted by molar-refractivity contribution is -0.122. The average Bonchev–Trinajstić information content (AvgIpc) is 2.31. The van der Waals surface area contributed by atoms with Crippen molar-refractivity contribution in [1.82, 2.24) is 10.3 Å². The summed E-state index contributed by atoms with van der Waals surface area (Å²) < 4.78 is 4.89. The molecule has 0 aliphatic rings. The lowest BCUT2D eigenvalue weighted by Gasteiger charge is -2.05. The molecule has 0 unspecified atom stereocenters. The standard InChI is InChI=1S/C11H16N4O3/c12-8-1-2-9(15-6-8)5-11(17)14-3-4-18-7-10(13)16/h1-2,6H,3-5,7,12H2,(H2,13,16)(H,14,17). The summed E-state index contributed by atoms with van der Waals surface area (Å²) in [6.45, 7) is 0.417. The molecule has 1 rings (SSSR count). The summed E-state index contributed by atoms with van der Waals surface area (Å²) in [6.07, 6.45) is 1.68. The van der Waals surface area contributed by atoms with E-state index >= 15 is 0 Å². The van der Waals surface area contributed by atoms with Crippen molar-refractivity contribution in [1.29, 1.82) is 0 Å². The molecule has 7 nitrogen and oxygen atoms in total. The molecule has 1 aromatic rings. The van der Waals surface area contributed by atoms with Gasteiger partial charge in [0.05, 0.1) is 24.9 Å². The molecule has 0 aromatic carbocycles. The number of hydrogen-bond acceptors (Lipinski definition) is 5. The van der Waals surface area contributed by atoms with Gasteiger partial charge in [-0.2, -0.15) is 0 Å². The molecule has 0 saturated heterocycles. The number of hydrogen-bond donors (Lipinski definition) is 3. The minimum absolute atomic E-state index is 0.143. The predicted molar refractivity (Wildman–Crippen MR) is 65.4 cm³/mol. The van der Waals surface area contributed by atoms with Crippen LogP contribution in [0.2, 0.25) is 0 Å². The number of carbonyl (C=O) groups excluding carboxylic acids is 2. The monoisotopic (exact) mass is 252 g/mol. The van der Waals surface area contributed by atoms with Crippen molar-refractivity contribution >= 4 is 17.5 Å². The van der Waals surface area contributed by atoms with Crippen molar-refractivity contribution in [2.24, 2.45) is 5.73 Å². The van der Waals surface area contributed by atoms with Gasteiger partial charge in [0.25, 0.3) is 0 Å². The largest absolute Gasteiger partial charge is 0.397 e. The lowest BCUT2D eigenvalue weighted by atomic mass is 10.2. The fraction of sp³-hybridized carbons (Fsp3) is 0.364. The molecule has 5 N–H and O–H groups in total.